The van der Waals surface area contributed by atoms with Gasteiger partial charge in [-0.2, -0.15) is 0 Å². The predicted molar refractivity (Wildman–Crippen MR) is 118 cm³/mol. The van der Waals surface area contributed by atoms with Crippen LogP contribution in [-0.2, 0) is 0 Å². The number of pyridine rings is 1. The van der Waals surface area contributed by atoms with Crippen LogP contribution in [0.1, 0.15) is 34.6 Å². The number of rotatable bonds is 5. The fraction of sp³-hybridized carbons (Fsp3) is 0.174. The lowest BCUT2D eigenvalue weighted by molar-refractivity contribution is 0.0984. The van der Waals surface area contributed by atoms with Crippen LogP contribution in [0.2, 0.25) is 0 Å². The van der Waals surface area contributed by atoms with E-state index in [0.717, 1.165) is 16.3 Å². The van der Waals surface area contributed by atoms with E-state index in [4.69, 9.17) is 4.74 Å². The molecule has 0 radical (unpaired) electrons. The van der Waals surface area contributed by atoms with Crippen LogP contribution in [0.3, 0.4) is 0 Å². The summed E-state index contributed by atoms with van der Waals surface area (Å²) in [6.07, 6.45) is 1.67. The molecule has 1 aromatic heterocycles. The second-order valence-electron chi connectivity index (χ2n) is 6.60. The molecule has 1 N–H and O–H groups in total. The number of aromatic nitrogens is 1. The lowest BCUT2D eigenvalue weighted by Gasteiger charge is -2.21. The van der Waals surface area contributed by atoms with Gasteiger partial charge in [-0.05, 0) is 68.4 Å². The molecule has 0 spiro atoms. The first-order valence-electron chi connectivity index (χ1n) is 9.73. The van der Waals surface area contributed by atoms with Crippen LogP contribution in [-0.4, -0.2) is 29.9 Å². The smallest absolute Gasteiger partial charge is 0.261 e. The number of carbonyl (C=O) groups is 2. The first-order chi connectivity index (χ1) is 14.6. The van der Waals surface area contributed by atoms with Crippen LogP contribution in [0.4, 0.5) is 11.4 Å². The lowest BCUT2D eigenvalue weighted by atomic mass is 10.1. The Morgan fingerprint density at radius 3 is 2.67 bits per heavy atom. The second-order valence-corrected chi connectivity index (χ2v) is 7.63. The summed E-state index contributed by atoms with van der Waals surface area (Å²) in [7, 11) is 0. The Morgan fingerprint density at radius 1 is 1.13 bits per heavy atom. The Morgan fingerprint density at radius 2 is 1.93 bits per heavy atom. The Labute approximate surface area is 179 Å². The maximum absolute atomic E-state index is 12.9. The molecule has 6 nitrogen and oxygen atoms in total. The van der Waals surface area contributed by atoms with Crippen molar-refractivity contribution in [1.82, 2.24) is 4.98 Å². The molecule has 0 bridgehead atoms. The summed E-state index contributed by atoms with van der Waals surface area (Å²) in [5, 5.41) is 3.55. The topological polar surface area (TPSA) is 71.5 Å². The van der Waals surface area contributed by atoms with Gasteiger partial charge in [0.25, 0.3) is 11.8 Å². The Bertz CT molecular complexity index is 1100. The quantitative estimate of drug-likeness (QED) is 0.639. The van der Waals surface area contributed by atoms with Gasteiger partial charge in [-0.25, -0.2) is 4.98 Å². The van der Waals surface area contributed by atoms with Crippen molar-refractivity contribution in [3.8, 4) is 5.75 Å². The van der Waals surface area contributed by atoms with Gasteiger partial charge in [-0.1, -0.05) is 11.8 Å². The van der Waals surface area contributed by atoms with E-state index >= 15 is 0 Å². The molecule has 1 aliphatic rings. The van der Waals surface area contributed by atoms with Gasteiger partial charge in [-0.15, -0.1) is 0 Å². The summed E-state index contributed by atoms with van der Waals surface area (Å²) in [4.78, 5) is 32.7. The van der Waals surface area contributed by atoms with Crippen molar-refractivity contribution in [2.24, 2.45) is 0 Å². The highest BCUT2D eigenvalue weighted by Crippen LogP contribution is 2.40. The summed E-state index contributed by atoms with van der Waals surface area (Å²) in [6.45, 7) is 4.97. The number of fused-ring (bicyclic) bond motifs is 2. The van der Waals surface area contributed by atoms with E-state index in [1.807, 2.05) is 38.1 Å². The summed E-state index contributed by atoms with van der Waals surface area (Å²) < 4.78 is 5.43. The van der Waals surface area contributed by atoms with Crippen molar-refractivity contribution < 1.29 is 14.3 Å². The molecule has 2 heterocycles. The van der Waals surface area contributed by atoms with Gasteiger partial charge >= 0.3 is 0 Å². The molecule has 0 aliphatic carbocycles. The van der Waals surface area contributed by atoms with Gasteiger partial charge in [0.1, 0.15) is 10.8 Å². The minimum Gasteiger partial charge on any atom is -0.494 e. The molecule has 7 heteroatoms. The zero-order valence-corrected chi connectivity index (χ0v) is 17.5. The average molecular weight is 420 g/mol. The number of anilines is 2. The van der Waals surface area contributed by atoms with Crippen molar-refractivity contribution in [3.63, 3.8) is 0 Å². The summed E-state index contributed by atoms with van der Waals surface area (Å²) in [5.41, 5.74) is 2.55. The number of amides is 2. The van der Waals surface area contributed by atoms with E-state index in [-0.39, 0.29) is 11.8 Å². The Hall–Kier alpha value is -3.32. The third-order valence-corrected chi connectivity index (χ3v) is 5.77. The highest BCUT2D eigenvalue weighted by molar-refractivity contribution is 7.99. The molecule has 152 valence electrons. The number of hydrogen-bond donors (Lipinski definition) is 1. The highest BCUT2D eigenvalue weighted by Gasteiger charge is 2.27. The number of nitrogens with one attached hydrogen (secondary N) is 1. The molecule has 4 rings (SSSR count). The van der Waals surface area contributed by atoms with Gasteiger partial charge in [0.05, 0.1) is 17.9 Å². The Kier molecular flexibility index (Phi) is 5.72. The van der Waals surface area contributed by atoms with Crippen LogP contribution >= 0.6 is 11.8 Å². The van der Waals surface area contributed by atoms with Gasteiger partial charge in [0, 0.05) is 28.9 Å². The maximum atomic E-state index is 12.9. The monoisotopic (exact) mass is 419 g/mol. The van der Waals surface area contributed by atoms with E-state index in [0.29, 0.717) is 35.0 Å². The molecular weight excluding hydrogens is 398 g/mol. The van der Waals surface area contributed by atoms with Gasteiger partial charge in [-0.3, -0.25) is 9.59 Å². The zero-order chi connectivity index (χ0) is 21.1. The highest BCUT2D eigenvalue weighted by atomic mass is 32.2. The minimum atomic E-state index is -0.220. The molecule has 0 unspecified atom stereocenters. The number of carbonyl (C=O) groups excluding carboxylic acids is 2. The maximum Gasteiger partial charge on any atom is 0.261 e. The largest absolute Gasteiger partial charge is 0.494 e. The van der Waals surface area contributed by atoms with Crippen LogP contribution < -0.4 is 15.0 Å². The van der Waals surface area contributed by atoms with Gasteiger partial charge in [0.2, 0.25) is 0 Å². The van der Waals surface area contributed by atoms with Crippen LogP contribution in [0.25, 0.3) is 0 Å². The van der Waals surface area contributed by atoms with Gasteiger partial charge in [0.15, 0.2) is 0 Å². The number of hydrogen-bond acceptors (Lipinski definition) is 5. The minimum absolute atomic E-state index is 0.0848. The van der Waals surface area contributed by atoms with Gasteiger partial charge < -0.3 is 15.0 Å². The molecule has 0 atom stereocenters. The number of ether oxygens (including phenoxy) is 1. The lowest BCUT2D eigenvalue weighted by Crippen LogP contribution is -2.30. The predicted octanol–water partition coefficient (Wildman–Crippen LogP) is 4.86. The summed E-state index contributed by atoms with van der Waals surface area (Å²) >= 11 is 1.40. The van der Waals surface area contributed by atoms with Crippen LogP contribution in [0.5, 0.6) is 5.75 Å². The molecular formula is C23H21N3O3S. The van der Waals surface area contributed by atoms with Crippen molar-refractivity contribution in [3.05, 3.63) is 71.9 Å². The fourth-order valence-electron chi connectivity index (χ4n) is 3.27. The summed E-state index contributed by atoms with van der Waals surface area (Å²) in [5.74, 6) is 0.452. The Balaban J connectivity index is 1.62. The van der Waals surface area contributed by atoms with Crippen molar-refractivity contribution in [1.29, 1.82) is 0 Å². The molecule has 1 aliphatic heterocycles. The molecule has 30 heavy (non-hydrogen) atoms. The van der Waals surface area contributed by atoms with E-state index < -0.39 is 0 Å². The molecule has 0 saturated heterocycles. The second kappa shape index (κ2) is 8.59. The first-order valence-corrected chi connectivity index (χ1v) is 10.5. The molecule has 0 saturated carbocycles. The third-order valence-electron chi connectivity index (χ3n) is 4.71. The van der Waals surface area contributed by atoms with E-state index in [1.54, 1.807) is 41.4 Å². The summed E-state index contributed by atoms with van der Waals surface area (Å²) in [6, 6.07) is 16.2. The number of nitrogens with zero attached hydrogens (tertiary/aromatic N) is 2. The van der Waals surface area contributed by atoms with Crippen molar-refractivity contribution >= 4 is 35.0 Å². The first kappa shape index (κ1) is 20.0. The van der Waals surface area contributed by atoms with E-state index in [9.17, 15) is 9.59 Å². The standard InChI is InChI=1S/C23H21N3O3S/c1-3-26-19-12-7-15(21(27)25-16-8-10-17(11-9-16)29-4-2)14-20(19)30-22-18(23(26)28)6-5-13-24-22/h5-14H,3-4H2,1-2H3,(H,25,27). The molecule has 2 aromatic carbocycles. The fourth-order valence-corrected chi connectivity index (χ4v) is 4.33. The zero-order valence-electron chi connectivity index (χ0n) is 16.7. The third kappa shape index (κ3) is 3.89. The average Bonchev–Trinajstić information content (AvgIpc) is 2.88. The van der Waals surface area contributed by atoms with Crippen LogP contribution in [0, 0.1) is 0 Å². The number of benzene rings is 2. The normalized spacial score (nSPS) is 12.6. The van der Waals surface area contributed by atoms with Crippen molar-refractivity contribution in [2.45, 2.75) is 23.8 Å². The van der Waals surface area contributed by atoms with Crippen LogP contribution in [0.15, 0.2) is 70.7 Å². The molecule has 0 fully saturated rings. The van der Waals surface area contributed by atoms with Crippen molar-refractivity contribution in [2.75, 3.05) is 23.4 Å². The van der Waals surface area contributed by atoms with E-state index in [2.05, 4.69) is 10.3 Å². The molecule has 2 amide bonds. The molecule has 3 aromatic rings. The van der Waals surface area contributed by atoms with E-state index in [1.165, 1.54) is 11.8 Å². The SMILES string of the molecule is CCOc1ccc(NC(=O)c2ccc3c(c2)Sc2ncccc2C(=O)N3CC)cc1.